The van der Waals surface area contributed by atoms with E-state index in [1.165, 1.54) is 24.3 Å². The molecule has 1 fully saturated rings. The number of aliphatic carboxylic acids is 1. The number of rotatable bonds is 3. The van der Waals surface area contributed by atoms with Gasteiger partial charge in [-0.05, 0) is 38.1 Å². The van der Waals surface area contributed by atoms with Gasteiger partial charge in [0, 0.05) is 17.5 Å². The Morgan fingerprint density at radius 1 is 1.04 bits per heavy atom. The van der Waals surface area contributed by atoms with E-state index >= 15 is 0 Å². The number of carbonyl (C=O) groups is 2. The normalized spacial score (nSPS) is 28.0. The first kappa shape index (κ1) is 15.5. The highest BCUT2D eigenvalue weighted by Gasteiger charge is 2.54. The van der Waals surface area contributed by atoms with Crippen LogP contribution in [-0.4, -0.2) is 17.0 Å². The molecule has 2 bridgehead atoms. The van der Waals surface area contributed by atoms with Gasteiger partial charge in [0.2, 0.25) is 5.91 Å². The standard InChI is InChI=1S/C18H18FNO3/c1-9(2)14-12-7-8-13(14)16(18(22)23)15(12)17(21)20-11-5-3-10(19)4-6-11/h3-8,12-13,15-16H,1-2H3,(H,20,21)(H,22,23)/t12-,13-,15+,16-/m1/s1. The molecule has 120 valence electrons. The quantitative estimate of drug-likeness (QED) is 0.842. The van der Waals surface area contributed by atoms with Crippen LogP contribution in [0.4, 0.5) is 10.1 Å². The molecular weight excluding hydrogens is 297 g/mol. The summed E-state index contributed by atoms with van der Waals surface area (Å²) in [4.78, 5) is 24.3. The number of halogens is 1. The van der Waals surface area contributed by atoms with Crippen LogP contribution in [0.2, 0.25) is 0 Å². The molecule has 5 heteroatoms. The Morgan fingerprint density at radius 3 is 2.13 bits per heavy atom. The van der Waals surface area contributed by atoms with Crippen LogP contribution >= 0.6 is 0 Å². The van der Waals surface area contributed by atoms with Crippen LogP contribution in [-0.2, 0) is 9.59 Å². The molecule has 1 saturated carbocycles. The van der Waals surface area contributed by atoms with Gasteiger partial charge in [0.05, 0.1) is 11.8 Å². The predicted octanol–water partition coefficient (Wildman–Crippen LogP) is 3.23. The molecule has 0 radical (unpaired) electrons. The summed E-state index contributed by atoms with van der Waals surface area (Å²) in [5.41, 5.74) is 2.57. The molecular formula is C18H18FNO3. The smallest absolute Gasteiger partial charge is 0.308 e. The van der Waals surface area contributed by atoms with Crippen molar-refractivity contribution in [2.45, 2.75) is 13.8 Å². The van der Waals surface area contributed by atoms with Gasteiger partial charge in [-0.25, -0.2) is 4.39 Å². The van der Waals surface area contributed by atoms with Crippen LogP contribution < -0.4 is 5.32 Å². The van der Waals surface area contributed by atoms with E-state index in [0.717, 1.165) is 11.1 Å². The number of hydrogen-bond acceptors (Lipinski definition) is 2. The molecule has 0 unspecified atom stereocenters. The minimum absolute atomic E-state index is 0.174. The Kier molecular flexibility index (Phi) is 3.80. The predicted molar refractivity (Wildman–Crippen MR) is 84.1 cm³/mol. The van der Waals surface area contributed by atoms with Gasteiger partial charge >= 0.3 is 5.97 Å². The van der Waals surface area contributed by atoms with E-state index < -0.39 is 17.8 Å². The minimum atomic E-state index is -0.958. The molecule has 1 amide bonds. The summed E-state index contributed by atoms with van der Waals surface area (Å²) in [6.45, 7) is 3.89. The van der Waals surface area contributed by atoms with Crippen molar-refractivity contribution in [3.63, 3.8) is 0 Å². The first-order chi connectivity index (χ1) is 10.9. The van der Waals surface area contributed by atoms with Crippen LogP contribution in [0, 0.1) is 29.5 Å². The summed E-state index contributed by atoms with van der Waals surface area (Å²) in [5, 5.41) is 12.3. The summed E-state index contributed by atoms with van der Waals surface area (Å²) < 4.78 is 12.9. The molecule has 23 heavy (non-hydrogen) atoms. The second-order valence-corrected chi connectivity index (χ2v) is 6.28. The van der Waals surface area contributed by atoms with E-state index in [0.29, 0.717) is 5.69 Å². The maximum atomic E-state index is 12.9. The molecule has 1 aromatic rings. The maximum Gasteiger partial charge on any atom is 0.308 e. The SMILES string of the molecule is CC(C)=C1[C@H]2C=C[C@H]1[C@@H](C(=O)O)[C@H]2C(=O)Nc1ccc(F)cc1. The fourth-order valence-electron chi connectivity index (χ4n) is 3.80. The zero-order chi connectivity index (χ0) is 16.7. The number of allylic oxidation sites excluding steroid dienone is 4. The van der Waals surface area contributed by atoms with Crippen LogP contribution in [0.15, 0.2) is 47.6 Å². The fraction of sp³-hybridized carbons (Fsp3) is 0.333. The number of carbonyl (C=O) groups excluding carboxylic acids is 1. The van der Waals surface area contributed by atoms with Crippen molar-refractivity contribution < 1.29 is 19.1 Å². The Balaban J connectivity index is 1.89. The van der Waals surface area contributed by atoms with E-state index in [-0.39, 0.29) is 23.6 Å². The van der Waals surface area contributed by atoms with E-state index in [1.807, 2.05) is 26.0 Å². The summed E-state index contributed by atoms with van der Waals surface area (Å²) in [6.07, 6.45) is 3.83. The van der Waals surface area contributed by atoms with Gasteiger partial charge in [-0.3, -0.25) is 9.59 Å². The van der Waals surface area contributed by atoms with E-state index in [9.17, 15) is 19.1 Å². The molecule has 4 nitrogen and oxygen atoms in total. The number of carboxylic acids is 1. The van der Waals surface area contributed by atoms with E-state index in [2.05, 4.69) is 5.32 Å². The monoisotopic (exact) mass is 315 g/mol. The molecule has 2 aliphatic carbocycles. The molecule has 0 aliphatic heterocycles. The molecule has 0 aromatic heterocycles. The molecule has 0 heterocycles. The third-order valence-corrected chi connectivity index (χ3v) is 4.68. The molecule has 0 saturated heterocycles. The highest BCUT2D eigenvalue weighted by molar-refractivity contribution is 5.97. The van der Waals surface area contributed by atoms with Crippen LogP contribution in [0.3, 0.4) is 0 Å². The molecule has 2 aliphatic rings. The molecule has 1 aromatic carbocycles. The van der Waals surface area contributed by atoms with Gasteiger partial charge in [-0.1, -0.05) is 23.3 Å². The number of nitrogens with one attached hydrogen (secondary N) is 1. The lowest BCUT2D eigenvalue weighted by atomic mass is 9.82. The van der Waals surface area contributed by atoms with Crippen molar-refractivity contribution in [3.8, 4) is 0 Å². The zero-order valence-corrected chi connectivity index (χ0v) is 12.9. The van der Waals surface area contributed by atoms with Crippen LogP contribution in [0.1, 0.15) is 13.8 Å². The Hall–Kier alpha value is -2.43. The number of benzene rings is 1. The molecule has 2 N–H and O–H groups in total. The van der Waals surface area contributed by atoms with Crippen molar-refractivity contribution in [3.05, 3.63) is 53.4 Å². The topological polar surface area (TPSA) is 66.4 Å². The highest BCUT2D eigenvalue weighted by atomic mass is 19.1. The van der Waals surface area contributed by atoms with Gasteiger partial charge in [0.25, 0.3) is 0 Å². The number of amides is 1. The summed E-state index contributed by atoms with van der Waals surface area (Å²) in [5.74, 6) is -3.47. The average molecular weight is 315 g/mol. The summed E-state index contributed by atoms with van der Waals surface area (Å²) in [7, 11) is 0. The van der Waals surface area contributed by atoms with Crippen molar-refractivity contribution >= 4 is 17.6 Å². The Labute approximate surface area is 133 Å². The molecule has 4 atom stereocenters. The molecule has 3 rings (SSSR count). The van der Waals surface area contributed by atoms with Crippen LogP contribution in [0.25, 0.3) is 0 Å². The maximum absolute atomic E-state index is 12.9. The number of fused-ring (bicyclic) bond motifs is 2. The van der Waals surface area contributed by atoms with Crippen molar-refractivity contribution in [1.82, 2.24) is 0 Å². The summed E-state index contributed by atoms with van der Waals surface area (Å²) >= 11 is 0. The van der Waals surface area contributed by atoms with Gasteiger partial charge in [0.1, 0.15) is 5.82 Å². The third kappa shape index (κ3) is 2.56. The minimum Gasteiger partial charge on any atom is -0.481 e. The lowest BCUT2D eigenvalue weighted by Crippen LogP contribution is -2.36. The second kappa shape index (κ2) is 5.65. The largest absolute Gasteiger partial charge is 0.481 e. The first-order valence-corrected chi connectivity index (χ1v) is 7.55. The third-order valence-electron chi connectivity index (χ3n) is 4.68. The first-order valence-electron chi connectivity index (χ1n) is 7.55. The molecule has 0 spiro atoms. The fourth-order valence-corrected chi connectivity index (χ4v) is 3.80. The Morgan fingerprint density at radius 2 is 1.61 bits per heavy atom. The van der Waals surface area contributed by atoms with E-state index in [4.69, 9.17) is 0 Å². The van der Waals surface area contributed by atoms with Crippen molar-refractivity contribution in [1.29, 1.82) is 0 Å². The van der Waals surface area contributed by atoms with Crippen molar-refractivity contribution in [2.75, 3.05) is 5.32 Å². The lowest BCUT2D eigenvalue weighted by molar-refractivity contribution is -0.146. The second-order valence-electron chi connectivity index (χ2n) is 6.28. The zero-order valence-electron chi connectivity index (χ0n) is 12.9. The van der Waals surface area contributed by atoms with Crippen LogP contribution in [0.5, 0.6) is 0 Å². The number of hydrogen-bond donors (Lipinski definition) is 2. The van der Waals surface area contributed by atoms with Gasteiger partial charge in [-0.15, -0.1) is 0 Å². The summed E-state index contributed by atoms with van der Waals surface area (Å²) in [6, 6.07) is 5.45. The van der Waals surface area contributed by atoms with Gasteiger partial charge < -0.3 is 10.4 Å². The van der Waals surface area contributed by atoms with Gasteiger partial charge in [0.15, 0.2) is 0 Å². The van der Waals surface area contributed by atoms with Gasteiger partial charge in [-0.2, -0.15) is 0 Å². The lowest BCUT2D eigenvalue weighted by Gasteiger charge is -2.23. The highest BCUT2D eigenvalue weighted by Crippen LogP contribution is 2.53. The van der Waals surface area contributed by atoms with Crippen molar-refractivity contribution in [2.24, 2.45) is 23.7 Å². The van der Waals surface area contributed by atoms with E-state index in [1.54, 1.807) is 0 Å². The number of anilines is 1. The Bertz CT molecular complexity index is 716. The average Bonchev–Trinajstić information content (AvgIpc) is 3.05. The number of carboxylic acid groups (broad SMARTS) is 1.